The zero-order valence-electron chi connectivity index (χ0n) is 20.7. The molecule has 0 heterocycles. The van der Waals surface area contributed by atoms with Crippen LogP contribution >= 0.6 is 8.46 Å². The molecule has 0 fully saturated rings. The molecule has 1 amide bonds. The molecule has 0 saturated heterocycles. The summed E-state index contributed by atoms with van der Waals surface area (Å²) in [5, 5.41) is 22.0. The van der Waals surface area contributed by atoms with Gasteiger partial charge in [0.05, 0.1) is 12.2 Å². The number of aryl methyl sites for hydroxylation is 2. The molecule has 8 heteroatoms. The van der Waals surface area contributed by atoms with E-state index in [9.17, 15) is 24.4 Å². The summed E-state index contributed by atoms with van der Waals surface area (Å²) in [5.41, 5.74) is 4.32. The van der Waals surface area contributed by atoms with Crippen LogP contribution in [-0.2, 0) is 25.9 Å². The summed E-state index contributed by atoms with van der Waals surface area (Å²) in [7, 11) is -0.887. The van der Waals surface area contributed by atoms with Crippen molar-refractivity contribution in [2.24, 2.45) is 5.92 Å². The molecule has 0 aliphatic heterocycles. The summed E-state index contributed by atoms with van der Waals surface area (Å²) in [6.45, 7) is 11.2. The maximum atomic E-state index is 13.0. The van der Waals surface area contributed by atoms with Crippen molar-refractivity contribution in [3.8, 4) is 5.75 Å². The molecule has 3 N–H and O–H groups in total. The summed E-state index contributed by atoms with van der Waals surface area (Å²) in [5.74, 6) is -1.06. The molecule has 34 heavy (non-hydrogen) atoms. The molecule has 2 aromatic carbocycles. The zero-order valence-corrected chi connectivity index (χ0v) is 21.7. The number of ether oxygens (including phenoxy) is 1. The number of hydrogen-bond donors (Lipinski definition) is 3. The number of carbonyl (C=O) groups is 2. The number of carbonyl (C=O) groups excluding carboxylic acids is 2. The molecule has 0 saturated carbocycles. The maximum Gasteiger partial charge on any atom is 0.364 e. The van der Waals surface area contributed by atoms with Gasteiger partial charge in [0.1, 0.15) is 11.8 Å². The van der Waals surface area contributed by atoms with Gasteiger partial charge < -0.3 is 20.3 Å². The number of rotatable bonds is 10. The lowest BCUT2D eigenvalue weighted by Crippen LogP contribution is -2.42. The van der Waals surface area contributed by atoms with E-state index in [2.05, 4.69) is 5.32 Å². The second-order valence-corrected chi connectivity index (χ2v) is 10.4. The van der Waals surface area contributed by atoms with Crippen LogP contribution in [0.1, 0.15) is 72.3 Å². The molecule has 0 aliphatic rings. The van der Waals surface area contributed by atoms with Gasteiger partial charge in [-0.2, -0.15) is 0 Å². The molecule has 184 valence electrons. The Labute approximate surface area is 202 Å². The zero-order chi connectivity index (χ0) is 25.6. The van der Waals surface area contributed by atoms with Crippen molar-refractivity contribution in [3.63, 3.8) is 0 Å². The summed E-state index contributed by atoms with van der Waals surface area (Å²) in [6.07, 6.45) is 0.914. The van der Waals surface area contributed by atoms with Gasteiger partial charge in [-0.05, 0) is 86.1 Å². The number of aromatic hydroxyl groups is 1. The van der Waals surface area contributed by atoms with E-state index in [1.54, 1.807) is 19.1 Å². The van der Waals surface area contributed by atoms with E-state index >= 15 is 0 Å². The maximum absolute atomic E-state index is 13.0. The fraction of sp³-hybridized carbons (Fsp3) is 0.462. The Morgan fingerprint density at radius 2 is 1.76 bits per heavy atom. The minimum Gasteiger partial charge on any atom is -0.507 e. The Balaban J connectivity index is 2.32. The third kappa shape index (κ3) is 6.87. The van der Waals surface area contributed by atoms with E-state index in [0.29, 0.717) is 18.4 Å². The number of hydrogen-bond acceptors (Lipinski definition) is 6. The van der Waals surface area contributed by atoms with Crippen LogP contribution < -0.4 is 5.32 Å². The molecule has 0 aromatic heterocycles. The van der Waals surface area contributed by atoms with Crippen molar-refractivity contribution in [2.75, 3.05) is 6.61 Å². The lowest BCUT2D eigenvalue weighted by molar-refractivity contribution is -0.145. The largest absolute Gasteiger partial charge is 0.507 e. The number of nitrogens with one attached hydrogen (secondary N) is 1. The van der Waals surface area contributed by atoms with E-state index in [-0.39, 0.29) is 23.8 Å². The molecule has 2 rings (SSSR count). The average Bonchev–Trinajstić information content (AvgIpc) is 2.76. The standard InChI is InChI=1S/C26H34NO6P/c1-7-33-25(30)22(10-15(2)3)27-24(29)21-14-18(8-9-23(21)28)13-20-16(4)11-19(12-17(20)5)26(6,31)34-32/h8-9,11-12,14-15,22,28,31H,7,10,13H2,1-6H3,(H,27,29)/p+1. The quantitative estimate of drug-likeness (QED) is 0.335. The van der Waals surface area contributed by atoms with Crippen molar-refractivity contribution in [1.29, 1.82) is 0 Å². The second-order valence-electron chi connectivity index (χ2n) is 9.20. The van der Waals surface area contributed by atoms with E-state index in [4.69, 9.17) is 4.74 Å². The molecular formula is C26H35NO6P+. The first-order chi connectivity index (χ1) is 15.9. The Morgan fingerprint density at radius 1 is 1.15 bits per heavy atom. The van der Waals surface area contributed by atoms with Crippen molar-refractivity contribution in [2.45, 2.75) is 65.8 Å². The number of phenolic OH excluding ortho intramolecular Hbond substituents is 1. The molecule has 0 spiro atoms. The highest BCUT2D eigenvalue weighted by molar-refractivity contribution is 7.25. The van der Waals surface area contributed by atoms with Crippen molar-refractivity contribution in [1.82, 2.24) is 5.32 Å². The van der Waals surface area contributed by atoms with Gasteiger partial charge in [0.15, 0.2) is 0 Å². The van der Waals surface area contributed by atoms with Crippen LogP contribution in [0.25, 0.3) is 0 Å². The number of amides is 1. The SMILES string of the molecule is CCOC(=O)C(CC(C)C)NC(=O)c1cc(Cc2c(C)cc(C(C)(O)[PH+]=O)cc2C)ccc1O. The summed E-state index contributed by atoms with van der Waals surface area (Å²) >= 11 is 0. The van der Waals surface area contributed by atoms with E-state index < -0.39 is 31.7 Å². The fourth-order valence-corrected chi connectivity index (χ4v) is 4.12. The topological polar surface area (TPSA) is 113 Å². The minimum atomic E-state index is -1.41. The number of phenols is 1. The van der Waals surface area contributed by atoms with Gasteiger partial charge in [0.25, 0.3) is 11.2 Å². The van der Waals surface area contributed by atoms with Gasteiger partial charge in [-0.1, -0.05) is 24.5 Å². The predicted molar refractivity (Wildman–Crippen MR) is 133 cm³/mol. The van der Waals surface area contributed by atoms with Crippen molar-refractivity contribution in [3.05, 3.63) is 63.7 Å². The third-order valence-electron chi connectivity index (χ3n) is 5.73. The summed E-state index contributed by atoms with van der Waals surface area (Å²) < 4.78 is 16.5. The van der Waals surface area contributed by atoms with Crippen LogP contribution in [-0.4, -0.2) is 34.7 Å². The molecule has 3 atom stereocenters. The van der Waals surface area contributed by atoms with Crippen LogP contribution in [0, 0.1) is 19.8 Å². The van der Waals surface area contributed by atoms with Gasteiger partial charge in [0, 0.05) is 12.5 Å². The van der Waals surface area contributed by atoms with Crippen LogP contribution in [0.2, 0.25) is 0 Å². The number of benzene rings is 2. The van der Waals surface area contributed by atoms with E-state index in [0.717, 1.165) is 22.3 Å². The first-order valence-electron chi connectivity index (χ1n) is 11.4. The van der Waals surface area contributed by atoms with Gasteiger partial charge in [-0.25, -0.2) is 4.79 Å². The van der Waals surface area contributed by atoms with Crippen molar-refractivity contribution < 1.29 is 29.1 Å². The summed E-state index contributed by atoms with van der Waals surface area (Å²) in [6, 6.07) is 7.65. The van der Waals surface area contributed by atoms with E-state index in [1.165, 1.54) is 13.0 Å². The third-order valence-corrected chi connectivity index (χ3v) is 6.41. The average molecular weight is 489 g/mol. The molecular weight excluding hydrogens is 453 g/mol. The molecule has 0 aliphatic carbocycles. The number of esters is 1. The highest BCUT2D eigenvalue weighted by atomic mass is 31.1. The lowest BCUT2D eigenvalue weighted by atomic mass is 9.92. The van der Waals surface area contributed by atoms with Crippen LogP contribution in [0.15, 0.2) is 30.3 Å². The van der Waals surface area contributed by atoms with Crippen LogP contribution in [0.4, 0.5) is 0 Å². The summed E-state index contributed by atoms with van der Waals surface area (Å²) in [4.78, 5) is 25.3. The molecule has 0 radical (unpaired) electrons. The molecule has 3 unspecified atom stereocenters. The molecule has 0 bridgehead atoms. The first-order valence-corrected chi connectivity index (χ1v) is 12.3. The number of aliphatic hydroxyl groups is 1. The van der Waals surface area contributed by atoms with Crippen molar-refractivity contribution >= 4 is 20.3 Å². The lowest BCUT2D eigenvalue weighted by Gasteiger charge is -2.20. The highest BCUT2D eigenvalue weighted by Gasteiger charge is 2.32. The van der Waals surface area contributed by atoms with Crippen LogP contribution in [0.5, 0.6) is 5.75 Å². The smallest absolute Gasteiger partial charge is 0.364 e. The van der Waals surface area contributed by atoms with Gasteiger partial charge in [-0.15, -0.1) is 0 Å². The molecule has 2 aromatic rings. The monoisotopic (exact) mass is 488 g/mol. The highest BCUT2D eigenvalue weighted by Crippen LogP contribution is 2.34. The van der Waals surface area contributed by atoms with Gasteiger partial charge >= 0.3 is 14.4 Å². The normalized spacial score (nSPS) is 14.0. The first kappa shape index (κ1) is 27.5. The van der Waals surface area contributed by atoms with Gasteiger partial charge in [0.2, 0.25) is 0 Å². The van der Waals surface area contributed by atoms with Gasteiger partial charge in [-0.3, -0.25) is 4.79 Å². The van der Waals surface area contributed by atoms with Crippen LogP contribution in [0.3, 0.4) is 0 Å². The Morgan fingerprint density at radius 3 is 2.29 bits per heavy atom. The fourth-order valence-electron chi connectivity index (χ4n) is 3.86. The predicted octanol–water partition coefficient (Wildman–Crippen LogP) is 4.50. The minimum absolute atomic E-state index is 0.0815. The Bertz CT molecular complexity index is 1040. The Hall–Kier alpha value is -2.76. The van der Waals surface area contributed by atoms with E-state index in [1.807, 2.05) is 39.8 Å². The molecule has 7 nitrogen and oxygen atoms in total. The Kier molecular flexibility index (Phi) is 9.37. The second kappa shape index (κ2) is 11.6.